The van der Waals surface area contributed by atoms with E-state index < -0.39 is 12.1 Å². The van der Waals surface area contributed by atoms with E-state index >= 15 is 0 Å². The molecule has 0 fully saturated rings. The first-order chi connectivity index (χ1) is 11.8. The first-order valence-electron chi connectivity index (χ1n) is 8.33. The number of nitrogens with zero attached hydrogens (tertiary/aromatic N) is 2. The van der Waals surface area contributed by atoms with Gasteiger partial charge in [-0.2, -0.15) is 5.10 Å². The maximum atomic E-state index is 12.5. The fourth-order valence-corrected chi connectivity index (χ4v) is 2.44. The summed E-state index contributed by atoms with van der Waals surface area (Å²) in [6, 6.07) is 6.76. The van der Waals surface area contributed by atoms with Gasteiger partial charge in [-0.25, -0.2) is 9.48 Å². The molecule has 1 heterocycles. The van der Waals surface area contributed by atoms with Gasteiger partial charge in [-0.05, 0) is 25.8 Å². The van der Waals surface area contributed by atoms with Crippen molar-refractivity contribution in [1.82, 2.24) is 15.1 Å². The largest absolute Gasteiger partial charge is 0.448 e. The maximum absolute atomic E-state index is 12.5. The highest BCUT2D eigenvalue weighted by molar-refractivity contribution is 6.02. The van der Waals surface area contributed by atoms with Crippen molar-refractivity contribution < 1.29 is 14.3 Å². The third-order valence-corrected chi connectivity index (χ3v) is 3.60. The highest BCUT2D eigenvalue weighted by Gasteiger charge is 2.23. The molecule has 1 amide bonds. The highest BCUT2D eigenvalue weighted by Crippen LogP contribution is 2.15. The lowest BCUT2D eigenvalue weighted by molar-refractivity contribution is -0.128. The molecule has 0 aliphatic heterocycles. The van der Waals surface area contributed by atoms with Crippen molar-refractivity contribution in [2.24, 2.45) is 5.92 Å². The van der Waals surface area contributed by atoms with Crippen LogP contribution >= 0.6 is 0 Å². The van der Waals surface area contributed by atoms with E-state index in [1.807, 2.05) is 13.8 Å². The van der Waals surface area contributed by atoms with Crippen molar-refractivity contribution >= 4 is 22.6 Å². The minimum absolute atomic E-state index is 0.0343. The van der Waals surface area contributed by atoms with Crippen LogP contribution in [0.5, 0.6) is 0 Å². The molecule has 1 aromatic heterocycles. The third kappa shape index (κ3) is 4.23. The van der Waals surface area contributed by atoms with Gasteiger partial charge < -0.3 is 10.1 Å². The Balaban J connectivity index is 2.45. The van der Waals surface area contributed by atoms with Crippen LogP contribution in [0.4, 0.5) is 0 Å². The Bertz CT molecular complexity index is 842. The Hall–Kier alpha value is -2.70. The van der Waals surface area contributed by atoms with Gasteiger partial charge in [-0.1, -0.05) is 32.0 Å². The maximum Gasteiger partial charge on any atom is 0.360 e. The average Bonchev–Trinajstić information content (AvgIpc) is 2.57. The molecule has 2 rings (SSSR count). The quantitative estimate of drug-likeness (QED) is 0.805. The minimum atomic E-state index is -0.946. The molecule has 7 nitrogen and oxygen atoms in total. The van der Waals surface area contributed by atoms with Crippen molar-refractivity contribution in [3.05, 3.63) is 40.3 Å². The third-order valence-electron chi connectivity index (χ3n) is 3.60. The zero-order valence-corrected chi connectivity index (χ0v) is 14.9. The first kappa shape index (κ1) is 18.6. The van der Waals surface area contributed by atoms with Crippen LogP contribution in [0.25, 0.3) is 10.8 Å². The number of benzene rings is 1. The molecular weight excluding hydrogens is 322 g/mol. The monoisotopic (exact) mass is 345 g/mol. The minimum Gasteiger partial charge on any atom is -0.448 e. The van der Waals surface area contributed by atoms with E-state index in [9.17, 15) is 14.4 Å². The molecule has 134 valence electrons. The average molecular weight is 345 g/mol. The second kappa shape index (κ2) is 7.92. The summed E-state index contributed by atoms with van der Waals surface area (Å²) in [6.45, 7) is 8.02. The van der Waals surface area contributed by atoms with Crippen molar-refractivity contribution in [3.8, 4) is 0 Å². The van der Waals surface area contributed by atoms with Gasteiger partial charge in [0.25, 0.3) is 11.5 Å². The normalized spacial score (nSPS) is 12.2. The predicted molar refractivity (Wildman–Crippen MR) is 94.4 cm³/mol. The van der Waals surface area contributed by atoms with E-state index in [0.717, 1.165) is 0 Å². The highest BCUT2D eigenvalue weighted by atomic mass is 16.5. The standard InChI is InChI=1S/C18H23N3O4/c1-5-19-16(22)12(4)25-18(24)15-13-8-6-7-9-14(13)17(23)21(20-15)10-11(2)3/h6-9,11-12H,5,10H2,1-4H3,(H,19,22)/t12-/m0/s1. The first-order valence-corrected chi connectivity index (χ1v) is 8.33. The molecule has 7 heteroatoms. The molecule has 2 aromatic rings. The molecule has 0 spiro atoms. The molecule has 0 radical (unpaired) electrons. The molecule has 0 aliphatic rings. The van der Waals surface area contributed by atoms with Crippen molar-refractivity contribution in [2.45, 2.75) is 40.3 Å². The van der Waals surface area contributed by atoms with Crippen LogP contribution in [0.2, 0.25) is 0 Å². The van der Waals surface area contributed by atoms with Crippen molar-refractivity contribution in [1.29, 1.82) is 0 Å². The van der Waals surface area contributed by atoms with Crippen LogP contribution in [-0.4, -0.2) is 34.3 Å². The fraction of sp³-hybridized carbons (Fsp3) is 0.444. The number of carbonyl (C=O) groups is 2. The fourth-order valence-electron chi connectivity index (χ4n) is 2.44. The van der Waals surface area contributed by atoms with Crippen LogP contribution in [0.3, 0.4) is 0 Å². The summed E-state index contributed by atoms with van der Waals surface area (Å²) in [5.41, 5.74) is -0.218. The topological polar surface area (TPSA) is 90.3 Å². The summed E-state index contributed by atoms with van der Waals surface area (Å²) in [6.07, 6.45) is -0.946. The van der Waals surface area contributed by atoms with Gasteiger partial charge >= 0.3 is 5.97 Å². The molecular formula is C18H23N3O4. The van der Waals surface area contributed by atoms with Crippen molar-refractivity contribution in [3.63, 3.8) is 0 Å². The second-order valence-electron chi connectivity index (χ2n) is 6.22. The SMILES string of the molecule is CCNC(=O)[C@H](C)OC(=O)c1nn(CC(C)C)c(=O)c2ccccc12. The summed E-state index contributed by atoms with van der Waals surface area (Å²) in [4.78, 5) is 36.9. The van der Waals surface area contributed by atoms with E-state index in [1.54, 1.807) is 31.2 Å². The lowest BCUT2D eigenvalue weighted by Crippen LogP contribution is -2.36. The number of aromatic nitrogens is 2. The molecule has 0 bridgehead atoms. The van der Waals surface area contributed by atoms with Gasteiger partial charge in [-0.15, -0.1) is 0 Å². The molecule has 1 N–H and O–H groups in total. The summed E-state index contributed by atoms with van der Waals surface area (Å²) >= 11 is 0. The smallest absolute Gasteiger partial charge is 0.360 e. The number of carbonyl (C=O) groups excluding carboxylic acids is 2. The Morgan fingerprint density at radius 3 is 2.44 bits per heavy atom. The van der Waals surface area contributed by atoms with Gasteiger partial charge in [-0.3, -0.25) is 9.59 Å². The van der Waals surface area contributed by atoms with Crippen LogP contribution in [0.15, 0.2) is 29.1 Å². The van der Waals surface area contributed by atoms with Crippen molar-refractivity contribution in [2.75, 3.05) is 6.54 Å². The van der Waals surface area contributed by atoms with E-state index in [1.165, 1.54) is 11.6 Å². The number of hydrogen-bond donors (Lipinski definition) is 1. The number of hydrogen-bond acceptors (Lipinski definition) is 5. The van der Waals surface area contributed by atoms with Crippen LogP contribution in [-0.2, 0) is 16.1 Å². The molecule has 1 aromatic carbocycles. The molecule has 0 aliphatic carbocycles. The zero-order chi connectivity index (χ0) is 18.6. The summed E-state index contributed by atoms with van der Waals surface area (Å²) in [7, 11) is 0. The molecule has 0 unspecified atom stereocenters. The van der Waals surface area contributed by atoms with E-state index in [0.29, 0.717) is 23.9 Å². The Labute approximate surface area is 146 Å². The van der Waals surface area contributed by atoms with Gasteiger partial charge in [0.15, 0.2) is 11.8 Å². The predicted octanol–water partition coefficient (Wildman–Crippen LogP) is 1.73. The number of esters is 1. The number of rotatable bonds is 6. The Morgan fingerprint density at radius 2 is 1.84 bits per heavy atom. The zero-order valence-electron chi connectivity index (χ0n) is 14.9. The molecule has 0 saturated heterocycles. The number of nitrogens with one attached hydrogen (secondary N) is 1. The van der Waals surface area contributed by atoms with Gasteiger partial charge in [0.05, 0.1) is 5.39 Å². The van der Waals surface area contributed by atoms with Gasteiger partial charge in [0, 0.05) is 18.5 Å². The number of fused-ring (bicyclic) bond motifs is 1. The van der Waals surface area contributed by atoms with E-state index in [4.69, 9.17) is 4.74 Å². The molecule has 0 saturated carbocycles. The van der Waals surface area contributed by atoms with Crippen LogP contribution < -0.4 is 10.9 Å². The lowest BCUT2D eigenvalue weighted by atomic mass is 10.1. The number of ether oxygens (including phenoxy) is 1. The number of amides is 1. The lowest BCUT2D eigenvalue weighted by Gasteiger charge is -2.15. The van der Waals surface area contributed by atoms with E-state index in [-0.39, 0.29) is 23.1 Å². The number of likely N-dealkylation sites (N-methyl/N-ethyl adjacent to an activating group) is 1. The molecule has 25 heavy (non-hydrogen) atoms. The van der Waals surface area contributed by atoms with Gasteiger partial charge in [0.1, 0.15) is 0 Å². The van der Waals surface area contributed by atoms with Crippen LogP contribution in [0, 0.1) is 5.92 Å². The second-order valence-corrected chi connectivity index (χ2v) is 6.22. The summed E-state index contributed by atoms with van der Waals surface area (Å²) in [5, 5.41) is 7.61. The van der Waals surface area contributed by atoms with E-state index in [2.05, 4.69) is 10.4 Å². The summed E-state index contributed by atoms with van der Waals surface area (Å²) in [5.74, 6) is -0.924. The molecule has 1 atom stereocenters. The summed E-state index contributed by atoms with van der Waals surface area (Å²) < 4.78 is 6.51. The van der Waals surface area contributed by atoms with Crippen LogP contribution in [0.1, 0.15) is 38.2 Å². The Kier molecular flexibility index (Phi) is 5.90. The Morgan fingerprint density at radius 1 is 1.20 bits per heavy atom. The van der Waals surface area contributed by atoms with Gasteiger partial charge in [0.2, 0.25) is 0 Å².